The van der Waals surface area contributed by atoms with Crippen LogP contribution in [0.5, 0.6) is 0 Å². The van der Waals surface area contributed by atoms with Gasteiger partial charge >= 0.3 is 5.97 Å². The third kappa shape index (κ3) is 5.27. The molecule has 0 radical (unpaired) electrons. The second-order valence-electron chi connectivity index (χ2n) is 6.05. The molecule has 23 heavy (non-hydrogen) atoms. The van der Waals surface area contributed by atoms with E-state index in [4.69, 9.17) is 0 Å². The van der Waals surface area contributed by atoms with Crippen molar-refractivity contribution in [2.75, 3.05) is 5.32 Å². The average molecular weight is 335 g/mol. The third-order valence-corrected chi connectivity index (χ3v) is 5.55. The van der Waals surface area contributed by atoms with E-state index in [0.29, 0.717) is 6.42 Å². The van der Waals surface area contributed by atoms with Crippen LogP contribution < -0.4 is 5.32 Å². The molecule has 1 saturated carbocycles. The molecule has 1 atom stereocenters. The summed E-state index contributed by atoms with van der Waals surface area (Å²) in [5.74, 6) is -0.641. The second kappa shape index (κ2) is 8.96. The van der Waals surface area contributed by atoms with Crippen LogP contribution in [0, 0.1) is 5.92 Å². The number of amides is 1. The van der Waals surface area contributed by atoms with Crippen LogP contribution in [-0.2, 0) is 9.59 Å². The maximum Gasteiger partial charge on any atom is 0.316 e. The Balaban J connectivity index is 2.07. The number of hydrogen-bond donors (Lipinski definition) is 2. The van der Waals surface area contributed by atoms with Gasteiger partial charge in [-0.25, -0.2) is 0 Å². The minimum atomic E-state index is -0.801. The molecule has 4 nitrogen and oxygen atoms in total. The molecule has 0 unspecified atom stereocenters. The molecular formula is C18H25NO3S. The Bertz CT molecular complexity index is 541. The minimum absolute atomic E-state index is 0.0696. The first-order chi connectivity index (χ1) is 11.1. The van der Waals surface area contributed by atoms with Gasteiger partial charge in [0.05, 0.1) is 5.69 Å². The molecule has 1 aliphatic rings. The van der Waals surface area contributed by atoms with Gasteiger partial charge in [0.25, 0.3) is 0 Å². The van der Waals surface area contributed by atoms with Gasteiger partial charge in [-0.2, -0.15) is 0 Å². The summed E-state index contributed by atoms with van der Waals surface area (Å²) in [5, 5.41) is 11.9. The van der Waals surface area contributed by atoms with Crippen molar-refractivity contribution in [1.29, 1.82) is 0 Å². The van der Waals surface area contributed by atoms with Crippen molar-refractivity contribution >= 4 is 29.3 Å². The molecule has 0 heterocycles. The maximum atomic E-state index is 12.4. The predicted octanol–water partition coefficient (Wildman–Crippen LogP) is 4.55. The maximum absolute atomic E-state index is 12.4. The van der Waals surface area contributed by atoms with Gasteiger partial charge in [-0.3, -0.25) is 9.59 Å². The molecule has 1 fully saturated rings. The average Bonchev–Trinajstić information content (AvgIpc) is 2.56. The van der Waals surface area contributed by atoms with Crippen molar-refractivity contribution < 1.29 is 14.7 Å². The van der Waals surface area contributed by atoms with Gasteiger partial charge in [-0.1, -0.05) is 44.7 Å². The van der Waals surface area contributed by atoms with E-state index in [2.05, 4.69) is 5.32 Å². The van der Waals surface area contributed by atoms with Crippen molar-refractivity contribution in [1.82, 2.24) is 0 Å². The Morgan fingerprint density at radius 2 is 1.96 bits per heavy atom. The fraction of sp³-hybridized carbons (Fsp3) is 0.556. The van der Waals surface area contributed by atoms with Gasteiger partial charge in [-0.15, -0.1) is 11.8 Å². The van der Waals surface area contributed by atoms with Gasteiger partial charge in [-0.05, 0) is 31.4 Å². The predicted molar refractivity (Wildman–Crippen MR) is 93.8 cm³/mol. The van der Waals surface area contributed by atoms with E-state index in [-0.39, 0.29) is 11.8 Å². The summed E-state index contributed by atoms with van der Waals surface area (Å²) in [4.78, 5) is 24.6. The summed E-state index contributed by atoms with van der Waals surface area (Å²) in [6.45, 7) is 1.98. The number of carbonyl (C=O) groups is 2. The van der Waals surface area contributed by atoms with Crippen molar-refractivity contribution in [3.63, 3.8) is 0 Å². The van der Waals surface area contributed by atoms with E-state index in [1.165, 1.54) is 18.2 Å². The lowest BCUT2D eigenvalue weighted by molar-refractivity contribution is -0.136. The van der Waals surface area contributed by atoms with E-state index < -0.39 is 11.2 Å². The quantitative estimate of drug-likeness (QED) is 0.717. The highest BCUT2D eigenvalue weighted by atomic mass is 32.2. The molecule has 1 amide bonds. The third-order valence-electron chi connectivity index (χ3n) is 4.22. The Morgan fingerprint density at radius 3 is 2.61 bits per heavy atom. The summed E-state index contributed by atoms with van der Waals surface area (Å²) in [7, 11) is 0. The van der Waals surface area contributed by atoms with Crippen molar-refractivity contribution in [3.8, 4) is 0 Å². The number of carbonyl (C=O) groups excluding carboxylic acids is 1. The molecule has 2 N–H and O–H groups in total. The monoisotopic (exact) mass is 335 g/mol. The molecule has 0 saturated heterocycles. The fourth-order valence-corrected chi connectivity index (χ4v) is 4.08. The van der Waals surface area contributed by atoms with Crippen molar-refractivity contribution in [2.45, 2.75) is 62.0 Å². The van der Waals surface area contributed by atoms with Gasteiger partial charge in [0.15, 0.2) is 0 Å². The molecular weight excluding hydrogens is 310 g/mol. The van der Waals surface area contributed by atoms with Crippen molar-refractivity contribution in [2.24, 2.45) is 5.92 Å². The molecule has 1 aliphatic carbocycles. The number of carboxylic acid groups (broad SMARTS) is 1. The molecule has 5 heteroatoms. The largest absolute Gasteiger partial charge is 0.480 e. The van der Waals surface area contributed by atoms with Crippen LogP contribution in [-0.4, -0.2) is 22.2 Å². The lowest BCUT2D eigenvalue weighted by Crippen LogP contribution is -2.25. The fourth-order valence-electron chi connectivity index (χ4n) is 2.92. The van der Waals surface area contributed by atoms with E-state index in [0.717, 1.165) is 42.7 Å². The van der Waals surface area contributed by atoms with Gasteiger partial charge in [0.1, 0.15) is 5.25 Å². The first kappa shape index (κ1) is 17.9. The summed E-state index contributed by atoms with van der Waals surface area (Å²) in [5.41, 5.74) is 0.732. The SMILES string of the molecule is CCC[C@@H](Sc1ccccc1NC(=O)C1CCCCC1)C(=O)O. The molecule has 1 aromatic rings. The Hall–Kier alpha value is -1.49. The number of aliphatic carboxylic acids is 1. The lowest BCUT2D eigenvalue weighted by Gasteiger charge is -2.22. The molecule has 126 valence electrons. The highest BCUT2D eigenvalue weighted by Crippen LogP contribution is 2.33. The lowest BCUT2D eigenvalue weighted by atomic mass is 9.88. The smallest absolute Gasteiger partial charge is 0.316 e. The van der Waals surface area contributed by atoms with Crippen molar-refractivity contribution in [3.05, 3.63) is 24.3 Å². The number of hydrogen-bond acceptors (Lipinski definition) is 3. The Morgan fingerprint density at radius 1 is 1.26 bits per heavy atom. The van der Waals surface area contributed by atoms with Crippen LogP contribution in [0.4, 0.5) is 5.69 Å². The first-order valence-corrected chi connectivity index (χ1v) is 9.29. The highest BCUT2D eigenvalue weighted by molar-refractivity contribution is 8.00. The Kier molecular flexibility index (Phi) is 6.96. The molecule has 1 aromatic carbocycles. The normalized spacial score (nSPS) is 16.7. The number of rotatable bonds is 7. The minimum Gasteiger partial charge on any atom is -0.480 e. The second-order valence-corrected chi connectivity index (χ2v) is 7.30. The number of nitrogens with one attached hydrogen (secondary N) is 1. The van der Waals surface area contributed by atoms with E-state index in [9.17, 15) is 14.7 Å². The summed E-state index contributed by atoms with van der Waals surface area (Å²) >= 11 is 1.32. The van der Waals surface area contributed by atoms with E-state index in [1.54, 1.807) is 0 Å². The van der Waals surface area contributed by atoms with E-state index >= 15 is 0 Å². The zero-order valence-electron chi connectivity index (χ0n) is 13.6. The van der Waals surface area contributed by atoms with Gasteiger partial charge in [0, 0.05) is 10.8 Å². The van der Waals surface area contributed by atoms with E-state index in [1.807, 2.05) is 31.2 Å². The van der Waals surface area contributed by atoms with Crippen LogP contribution in [0.1, 0.15) is 51.9 Å². The van der Waals surface area contributed by atoms with Crippen LogP contribution in [0.15, 0.2) is 29.2 Å². The number of thioether (sulfide) groups is 1. The summed E-state index contributed by atoms with van der Waals surface area (Å²) in [6.07, 6.45) is 6.79. The zero-order valence-corrected chi connectivity index (χ0v) is 14.4. The Labute approximate surface area is 142 Å². The highest BCUT2D eigenvalue weighted by Gasteiger charge is 2.23. The van der Waals surface area contributed by atoms with Crippen LogP contribution in [0.25, 0.3) is 0 Å². The zero-order chi connectivity index (χ0) is 16.7. The van der Waals surface area contributed by atoms with Crippen LogP contribution in [0.3, 0.4) is 0 Å². The number of carboxylic acids is 1. The topological polar surface area (TPSA) is 66.4 Å². The molecule has 0 bridgehead atoms. The standard InChI is InChI=1S/C18H25NO3S/c1-2-8-16(18(21)22)23-15-12-7-6-11-14(15)19-17(20)13-9-4-3-5-10-13/h6-7,11-13,16H,2-5,8-10H2,1H3,(H,19,20)(H,21,22)/t16-/m1/s1. The number of anilines is 1. The van der Waals surface area contributed by atoms with Crippen LogP contribution >= 0.6 is 11.8 Å². The summed E-state index contributed by atoms with van der Waals surface area (Å²) in [6, 6.07) is 7.49. The molecule has 0 aromatic heterocycles. The summed E-state index contributed by atoms with van der Waals surface area (Å²) < 4.78 is 0. The van der Waals surface area contributed by atoms with Crippen LogP contribution in [0.2, 0.25) is 0 Å². The van der Waals surface area contributed by atoms with Gasteiger partial charge in [0.2, 0.25) is 5.91 Å². The molecule has 2 rings (SSSR count). The number of benzene rings is 1. The first-order valence-electron chi connectivity index (χ1n) is 8.41. The molecule has 0 spiro atoms. The van der Waals surface area contributed by atoms with Gasteiger partial charge < -0.3 is 10.4 Å². The molecule has 0 aliphatic heterocycles. The number of para-hydroxylation sites is 1.